The molecule has 182 valence electrons. The molecule has 2 N–H and O–H groups in total. The van der Waals surface area contributed by atoms with Crippen molar-refractivity contribution in [3.8, 4) is 0 Å². The van der Waals surface area contributed by atoms with E-state index in [0.717, 1.165) is 0 Å². The average molecular weight is 470 g/mol. The lowest BCUT2D eigenvalue weighted by atomic mass is 9.97. The van der Waals surface area contributed by atoms with Crippen LogP contribution in [-0.2, 0) is 14.3 Å². The number of aromatic amines is 1. The van der Waals surface area contributed by atoms with Crippen LogP contribution in [0.3, 0.4) is 0 Å². The van der Waals surface area contributed by atoms with Crippen molar-refractivity contribution in [3.63, 3.8) is 0 Å². The van der Waals surface area contributed by atoms with E-state index in [1.165, 1.54) is 6.92 Å². The third kappa shape index (κ3) is 5.65. The number of likely N-dealkylation sites (tertiary alicyclic amines) is 1. The highest BCUT2D eigenvalue weighted by molar-refractivity contribution is 6.04. The third-order valence-corrected chi connectivity index (χ3v) is 5.97. The first-order chi connectivity index (χ1) is 16.2. The van der Waals surface area contributed by atoms with Crippen LogP contribution in [0, 0.1) is 19.8 Å². The summed E-state index contributed by atoms with van der Waals surface area (Å²) >= 11 is 0. The van der Waals surface area contributed by atoms with E-state index in [1.54, 1.807) is 25.7 Å². The van der Waals surface area contributed by atoms with E-state index in [2.05, 4.69) is 10.3 Å². The van der Waals surface area contributed by atoms with Gasteiger partial charge in [0, 0.05) is 24.5 Å². The third-order valence-electron chi connectivity index (χ3n) is 5.97. The molecule has 0 aliphatic carbocycles. The first-order valence-electron chi connectivity index (χ1n) is 11.4. The van der Waals surface area contributed by atoms with E-state index in [4.69, 9.17) is 9.47 Å². The summed E-state index contributed by atoms with van der Waals surface area (Å²) in [4.78, 5) is 54.8. The van der Waals surface area contributed by atoms with Gasteiger partial charge in [0.2, 0.25) is 5.78 Å². The monoisotopic (exact) mass is 469 g/mol. The van der Waals surface area contributed by atoms with Crippen LogP contribution in [-0.4, -0.2) is 59.4 Å². The zero-order chi connectivity index (χ0) is 24.8. The first-order valence-corrected chi connectivity index (χ1v) is 11.4. The molecule has 9 heteroatoms. The molecule has 1 fully saturated rings. The van der Waals surface area contributed by atoms with Gasteiger partial charge in [0.05, 0.1) is 23.8 Å². The Kier molecular flexibility index (Phi) is 8.09. The van der Waals surface area contributed by atoms with Gasteiger partial charge in [-0.15, -0.1) is 0 Å². The number of rotatable bonds is 7. The smallest absolute Gasteiger partial charge is 0.340 e. The highest BCUT2D eigenvalue weighted by atomic mass is 16.5. The van der Waals surface area contributed by atoms with Crippen LogP contribution >= 0.6 is 0 Å². The number of aryl methyl sites for hydroxylation is 1. The van der Waals surface area contributed by atoms with Crippen molar-refractivity contribution < 1.29 is 28.7 Å². The molecule has 1 saturated heterocycles. The molecule has 2 amide bonds. The number of nitrogens with one attached hydrogen (secondary N) is 2. The summed E-state index contributed by atoms with van der Waals surface area (Å²) in [6, 6.07) is 8.96. The predicted molar refractivity (Wildman–Crippen MR) is 126 cm³/mol. The Balaban J connectivity index is 1.54. The number of urea groups is 1. The van der Waals surface area contributed by atoms with Gasteiger partial charge in [0.15, 0.2) is 6.10 Å². The zero-order valence-corrected chi connectivity index (χ0v) is 20.0. The van der Waals surface area contributed by atoms with Gasteiger partial charge in [0.1, 0.15) is 0 Å². The maximum absolute atomic E-state index is 12.9. The van der Waals surface area contributed by atoms with E-state index in [1.807, 2.05) is 30.3 Å². The molecule has 1 aromatic heterocycles. The molecule has 1 aromatic carbocycles. The Morgan fingerprint density at radius 2 is 1.76 bits per heavy atom. The van der Waals surface area contributed by atoms with Crippen LogP contribution in [0.25, 0.3) is 0 Å². The molecule has 1 atom stereocenters. The van der Waals surface area contributed by atoms with Gasteiger partial charge in [-0.2, -0.15) is 0 Å². The molecule has 9 nitrogen and oxygen atoms in total. The lowest BCUT2D eigenvalue weighted by Gasteiger charge is -2.31. The van der Waals surface area contributed by atoms with Crippen molar-refractivity contribution in [1.82, 2.24) is 9.88 Å². The van der Waals surface area contributed by atoms with Gasteiger partial charge in [-0.05, 0) is 58.2 Å². The number of ether oxygens (including phenoxy) is 2. The van der Waals surface area contributed by atoms with E-state index in [-0.39, 0.29) is 18.3 Å². The molecule has 0 radical (unpaired) electrons. The lowest BCUT2D eigenvalue weighted by molar-refractivity contribution is -0.152. The maximum atomic E-state index is 12.9. The average Bonchev–Trinajstić information content (AvgIpc) is 3.13. The highest BCUT2D eigenvalue weighted by Gasteiger charge is 2.32. The summed E-state index contributed by atoms with van der Waals surface area (Å²) in [5.41, 5.74) is 2.26. The van der Waals surface area contributed by atoms with Crippen molar-refractivity contribution in [1.29, 1.82) is 0 Å². The predicted octanol–water partition coefficient (Wildman–Crippen LogP) is 3.87. The second-order valence-corrected chi connectivity index (χ2v) is 8.35. The number of piperidine rings is 1. The van der Waals surface area contributed by atoms with Gasteiger partial charge in [-0.3, -0.25) is 9.59 Å². The van der Waals surface area contributed by atoms with Crippen molar-refractivity contribution in [2.75, 3.05) is 25.0 Å². The minimum Gasteiger partial charge on any atom is -0.462 e. The number of para-hydroxylation sites is 1. The van der Waals surface area contributed by atoms with Gasteiger partial charge in [-0.25, -0.2) is 9.59 Å². The Hall–Kier alpha value is -3.62. The van der Waals surface area contributed by atoms with E-state index >= 15 is 0 Å². The number of hydrogen-bond acceptors (Lipinski definition) is 6. The van der Waals surface area contributed by atoms with Crippen LogP contribution in [0.2, 0.25) is 0 Å². The number of nitrogens with zero attached hydrogens (tertiary/aromatic N) is 1. The number of aromatic nitrogens is 1. The number of amides is 2. The number of hydrogen-bond donors (Lipinski definition) is 2. The van der Waals surface area contributed by atoms with Crippen LogP contribution in [0.4, 0.5) is 10.5 Å². The first kappa shape index (κ1) is 25.0. The number of carbonyl (C=O) groups excluding carboxylic acids is 4. The Bertz CT molecular complexity index is 1050. The zero-order valence-electron chi connectivity index (χ0n) is 20.0. The van der Waals surface area contributed by atoms with E-state index in [9.17, 15) is 19.2 Å². The number of carbonyl (C=O) groups is 4. The Morgan fingerprint density at radius 3 is 2.38 bits per heavy atom. The molecule has 34 heavy (non-hydrogen) atoms. The molecule has 1 unspecified atom stereocenters. The van der Waals surface area contributed by atoms with Gasteiger partial charge < -0.3 is 24.7 Å². The number of benzene rings is 1. The number of anilines is 1. The number of Topliss-reactive ketones (excluding diaryl/α,β-unsaturated/α-hetero) is 1. The molecule has 2 heterocycles. The minimum absolute atomic E-state index is 0.212. The quantitative estimate of drug-likeness (QED) is 0.470. The molecule has 0 spiro atoms. The summed E-state index contributed by atoms with van der Waals surface area (Å²) in [6.07, 6.45) is -0.107. The fourth-order valence-corrected chi connectivity index (χ4v) is 4.08. The van der Waals surface area contributed by atoms with Gasteiger partial charge in [0.25, 0.3) is 0 Å². The summed E-state index contributed by atoms with van der Waals surface area (Å²) in [5.74, 6) is -1.77. The summed E-state index contributed by atoms with van der Waals surface area (Å²) < 4.78 is 10.5. The molecular formula is C25H31N3O6. The Morgan fingerprint density at radius 1 is 1.12 bits per heavy atom. The molecule has 3 rings (SSSR count). The van der Waals surface area contributed by atoms with Crippen LogP contribution in [0.5, 0.6) is 0 Å². The summed E-state index contributed by atoms with van der Waals surface area (Å²) in [5, 5.41) is 2.84. The van der Waals surface area contributed by atoms with Crippen molar-refractivity contribution in [2.24, 2.45) is 5.92 Å². The molecular weight excluding hydrogens is 438 g/mol. The second-order valence-electron chi connectivity index (χ2n) is 8.35. The fraction of sp³-hybridized carbons (Fsp3) is 0.440. The van der Waals surface area contributed by atoms with Gasteiger partial charge >= 0.3 is 18.0 Å². The number of H-pyrrole nitrogens is 1. The summed E-state index contributed by atoms with van der Waals surface area (Å²) in [7, 11) is 0. The maximum Gasteiger partial charge on any atom is 0.340 e. The van der Waals surface area contributed by atoms with E-state index < -0.39 is 29.7 Å². The summed E-state index contributed by atoms with van der Waals surface area (Å²) in [6.45, 7) is 7.64. The molecule has 2 aromatic rings. The topological polar surface area (TPSA) is 118 Å². The van der Waals surface area contributed by atoms with Gasteiger partial charge in [-0.1, -0.05) is 18.2 Å². The van der Waals surface area contributed by atoms with Crippen molar-refractivity contribution in [2.45, 2.75) is 46.6 Å². The highest BCUT2D eigenvalue weighted by Crippen LogP contribution is 2.23. The standard InChI is InChI=1S/C25H31N3O6/c1-5-33-24(31)20-15(2)21(26-16(20)3)22(29)17(4)34-23(30)18-11-13-28(14-12-18)25(32)27-19-9-7-6-8-10-19/h6-10,17-18,26H,5,11-14H2,1-4H3,(H,27,32). The normalized spacial score (nSPS) is 14.9. The van der Waals surface area contributed by atoms with Crippen LogP contribution in [0.1, 0.15) is 58.8 Å². The van der Waals surface area contributed by atoms with E-state index in [0.29, 0.717) is 48.4 Å². The van der Waals surface area contributed by atoms with Crippen molar-refractivity contribution in [3.05, 3.63) is 52.8 Å². The van der Waals surface area contributed by atoms with Crippen LogP contribution in [0.15, 0.2) is 30.3 Å². The van der Waals surface area contributed by atoms with Crippen LogP contribution < -0.4 is 5.32 Å². The minimum atomic E-state index is -1.02. The SMILES string of the molecule is CCOC(=O)c1c(C)[nH]c(C(=O)C(C)OC(=O)C2CCN(C(=O)Nc3ccccc3)CC2)c1C. The molecule has 0 bridgehead atoms. The Labute approximate surface area is 198 Å². The second kappa shape index (κ2) is 11.0. The molecule has 0 saturated carbocycles. The molecule has 1 aliphatic heterocycles. The fourth-order valence-electron chi connectivity index (χ4n) is 4.08. The number of ketones is 1. The lowest BCUT2D eigenvalue weighted by Crippen LogP contribution is -2.43. The largest absolute Gasteiger partial charge is 0.462 e. The number of esters is 2. The van der Waals surface area contributed by atoms with Crippen molar-refractivity contribution >= 4 is 29.4 Å². The molecule has 1 aliphatic rings.